The Balaban J connectivity index is 1.47. The van der Waals surface area contributed by atoms with Gasteiger partial charge in [0.1, 0.15) is 0 Å². The van der Waals surface area contributed by atoms with Crippen molar-refractivity contribution in [3.8, 4) is 0 Å². The van der Waals surface area contributed by atoms with Gasteiger partial charge >= 0.3 is 0 Å². The van der Waals surface area contributed by atoms with Gasteiger partial charge in [-0.2, -0.15) is 0 Å². The number of halogens is 2. The number of sulfonamides is 1. The van der Waals surface area contributed by atoms with Gasteiger partial charge in [0.2, 0.25) is 15.9 Å². The van der Waals surface area contributed by atoms with Crippen LogP contribution in [0.1, 0.15) is 51.4 Å². The number of hydrogen-bond acceptors (Lipinski definition) is 5. The van der Waals surface area contributed by atoms with Crippen LogP contribution in [-0.2, 0) is 14.8 Å². The lowest BCUT2D eigenvalue weighted by atomic mass is 9.71. The van der Waals surface area contributed by atoms with Crippen LogP contribution in [0.5, 0.6) is 0 Å². The molecule has 0 aromatic rings. The molecule has 0 bridgehead atoms. The predicted molar refractivity (Wildman–Crippen MR) is 124 cm³/mol. The molecule has 0 aromatic heterocycles. The summed E-state index contributed by atoms with van der Waals surface area (Å²) in [6, 6.07) is -0.354. The smallest absolute Gasteiger partial charge is 0.236 e. The van der Waals surface area contributed by atoms with Crippen LogP contribution in [0.4, 0.5) is 0 Å². The Morgan fingerprint density at radius 2 is 1.74 bits per heavy atom. The zero-order chi connectivity index (χ0) is 22.6. The second-order valence-electron chi connectivity index (χ2n) is 9.15. The lowest BCUT2D eigenvalue weighted by Crippen LogP contribution is -2.54. The first-order chi connectivity index (χ1) is 14.7. The van der Waals surface area contributed by atoms with Crippen molar-refractivity contribution in [2.75, 3.05) is 19.6 Å². The van der Waals surface area contributed by atoms with Crippen LogP contribution in [0.2, 0.25) is 0 Å². The van der Waals surface area contributed by atoms with Gasteiger partial charge in [-0.1, -0.05) is 19.4 Å². The Morgan fingerprint density at radius 3 is 2.39 bits per heavy atom. The molecular weight excluding hydrogens is 461 g/mol. The molecule has 178 valence electrons. The monoisotopic (exact) mass is 495 g/mol. The van der Waals surface area contributed by atoms with Gasteiger partial charge in [-0.3, -0.25) is 4.79 Å². The van der Waals surface area contributed by atoms with Crippen molar-refractivity contribution >= 4 is 39.1 Å². The van der Waals surface area contributed by atoms with Gasteiger partial charge in [-0.15, -0.1) is 23.2 Å². The molecule has 6 atom stereocenters. The summed E-state index contributed by atoms with van der Waals surface area (Å²) in [4.78, 5) is 14.4. The number of alkyl halides is 2. The average Bonchev–Trinajstić information content (AvgIpc) is 2.74. The van der Waals surface area contributed by atoms with Crippen LogP contribution in [-0.4, -0.2) is 72.9 Å². The van der Waals surface area contributed by atoms with E-state index in [0.29, 0.717) is 38.3 Å². The van der Waals surface area contributed by atoms with E-state index in [4.69, 9.17) is 23.2 Å². The Labute approximate surface area is 196 Å². The number of likely N-dealkylation sites (tertiary alicyclic amines) is 1. The van der Waals surface area contributed by atoms with Gasteiger partial charge in [0.15, 0.2) is 0 Å². The van der Waals surface area contributed by atoms with Crippen molar-refractivity contribution in [1.29, 1.82) is 0 Å². The van der Waals surface area contributed by atoms with E-state index in [9.17, 15) is 18.3 Å². The summed E-state index contributed by atoms with van der Waals surface area (Å²) in [5, 5.41) is 14.7. The van der Waals surface area contributed by atoms with E-state index in [1.54, 1.807) is 4.90 Å². The van der Waals surface area contributed by atoms with Gasteiger partial charge in [-0.05, 0) is 50.4 Å². The number of rotatable bonds is 7. The molecule has 1 saturated heterocycles. The minimum atomic E-state index is -3.46. The summed E-state index contributed by atoms with van der Waals surface area (Å²) in [5.74, 6) is 0.576. The fourth-order valence-electron chi connectivity index (χ4n) is 5.28. The molecule has 3 aliphatic rings. The number of nitrogens with zero attached hydrogens (tertiary/aromatic N) is 1. The van der Waals surface area contributed by atoms with E-state index in [1.165, 1.54) is 6.42 Å². The number of aliphatic hydroxyl groups is 1. The Hall–Kier alpha value is -0.380. The molecule has 1 amide bonds. The third kappa shape index (κ3) is 6.81. The highest BCUT2D eigenvalue weighted by molar-refractivity contribution is 7.92. The highest BCUT2D eigenvalue weighted by atomic mass is 35.5. The summed E-state index contributed by atoms with van der Waals surface area (Å²) in [6.45, 7) is 4.45. The van der Waals surface area contributed by atoms with Gasteiger partial charge in [0, 0.05) is 41.3 Å². The highest BCUT2D eigenvalue weighted by Gasteiger charge is 2.42. The SMILES string of the molecule is C=CS(=O)(=O)NC1CCN(C(=O)CNC2CC(C3CCCCC3Cl)C(Cl)CC2O)CC1. The lowest BCUT2D eigenvalue weighted by Gasteiger charge is -2.43. The van der Waals surface area contributed by atoms with E-state index >= 15 is 0 Å². The molecule has 0 spiro atoms. The molecule has 0 radical (unpaired) electrons. The zero-order valence-corrected chi connectivity index (χ0v) is 20.2. The average molecular weight is 497 g/mol. The van der Waals surface area contributed by atoms with Gasteiger partial charge in [0.25, 0.3) is 0 Å². The molecular formula is C21H35Cl2N3O4S. The molecule has 1 heterocycles. The Kier molecular flexibility index (Phi) is 9.09. The largest absolute Gasteiger partial charge is 0.391 e. The molecule has 3 rings (SSSR count). The van der Waals surface area contributed by atoms with E-state index in [-0.39, 0.29) is 41.2 Å². The molecule has 1 aliphatic heterocycles. The van der Waals surface area contributed by atoms with Gasteiger partial charge < -0.3 is 15.3 Å². The molecule has 7 nitrogen and oxygen atoms in total. The van der Waals surface area contributed by atoms with Crippen LogP contribution >= 0.6 is 23.2 Å². The summed E-state index contributed by atoms with van der Waals surface area (Å²) in [5.41, 5.74) is 0. The van der Waals surface area contributed by atoms with Crippen molar-refractivity contribution in [1.82, 2.24) is 14.9 Å². The van der Waals surface area contributed by atoms with Crippen LogP contribution in [0.25, 0.3) is 0 Å². The summed E-state index contributed by atoms with van der Waals surface area (Å²) in [7, 11) is -3.46. The fourth-order valence-corrected chi connectivity index (χ4v) is 7.02. The van der Waals surface area contributed by atoms with E-state index in [0.717, 1.165) is 31.1 Å². The number of hydrogen-bond donors (Lipinski definition) is 3. The minimum absolute atomic E-state index is 0.0327. The third-order valence-electron chi connectivity index (χ3n) is 7.12. The number of carbonyl (C=O) groups excluding carboxylic acids is 1. The summed E-state index contributed by atoms with van der Waals surface area (Å²) < 4.78 is 25.8. The number of piperidine rings is 1. The second-order valence-corrected chi connectivity index (χ2v) is 11.9. The minimum Gasteiger partial charge on any atom is -0.391 e. The first-order valence-electron chi connectivity index (χ1n) is 11.3. The third-order valence-corrected chi connectivity index (χ3v) is 9.26. The summed E-state index contributed by atoms with van der Waals surface area (Å²) >= 11 is 13.2. The van der Waals surface area contributed by atoms with Crippen molar-refractivity contribution in [3.05, 3.63) is 12.0 Å². The maximum absolute atomic E-state index is 12.7. The maximum Gasteiger partial charge on any atom is 0.236 e. The zero-order valence-electron chi connectivity index (χ0n) is 17.9. The molecule has 10 heteroatoms. The first-order valence-corrected chi connectivity index (χ1v) is 13.7. The van der Waals surface area contributed by atoms with Crippen LogP contribution in [0.15, 0.2) is 12.0 Å². The van der Waals surface area contributed by atoms with E-state index in [2.05, 4.69) is 16.6 Å². The Bertz CT molecular complexity index is 730. The lowest BCUT2D eigenvalue weighted by molar-refractivity contribution is -0.131. The molecule has 6 unspecified atom stereocenters. The van der Waals surface area contributed by atoms with Gasteiger partial charge in [0.05, 0.1) is 12.6 Å². The number of carbonyl (C=O) groups is 1. The quantitative estimate of drug-likeness (QED) is 0.470. The highest BCUT2D eigenvalue weighted by Crippen LogP contribution is 2.42. The number of nitrogens with one attached hydrogen (secondary N) is 2. The number of aliphatic hydroxyl groups excluding tert-OH is 1. The summed E-state index contributed by atoms with van der Waals surface area (Å²) in [6.07, 6.45) is 6.22. The molecule has 2 aliphatic carbocycles. The second kappa shape index (κ2) is 11.2. The van der Waals surface area contributed by atoms with E-state index < -0.39 is 16.1 Å². The molecule has 0 aromatic carbocycles. The topological polar surface area (TPSA) is 98.7 Å². The number of amides is 1. The molecule has 2 saturated carbocycles. The van der Waals surface area contributed by atoms with Crippen LogP contribution in [0, 0.1) is 11.8 Å². The van der Waals surface area contributed by atoms with Crippen molar-refractivity contribution in [2.24, 2.45) is 11.8 Å². The molecule has 3 fully saturated rings. The first kappa shape index (κ1) is 25.2. The maximum atomic E-state index is 12.7. The molecule has 31 heavy (non-hydrogen) atoms. The molecule has 3 N–H and O–H groups in total. The van der Waals surface area contributed by atoms with Crippen LogP contribution in [0.3, 0.4) is 0 Å². The van der Waals surface area contributed by atoms with Gasteiger partial charge in [-0.25, -0.2) is 13.1 Å². The van der Waals surface area contributed by atoms with Crippen molar-refractivity contribution in [2.45, 2.75) is 80.3 Å². The van der Waals surface area contributed by atoms with Crippen LogP contribution < -0.4 is 10.0 Å². The fraction of sp³-hybridized carbons (Fsp3) is 0.857. The van der Waals surface area contributed by atoms with E-state index in [1.807, 2.05) is 0 Å². The van der Waals surface area contributed by atoms with Crippen molar-refractivity contribution < 1.29 is 18.3 Å². The standard InChI is InChI=1S/C21H35Cl2N3O4S/c1-2-31(29,30)25-14-7-9-26(10-8-14)21(28)13-24-19-11-16(18(23)12-20(19)27)15-5-3-4-6-17(15)22/h2,14-20,24-25,27H,1,3-13H2. The predicted octanol–water partition coefficient (Wildman–Crippen LogP) is 2.17. The Morgan fingerprint density at radius 1 is 1.06 bits per heavy atom. The normalized spacial score (nSPS) is 35.6. The van der Waals surface area contributed by atoms with Crippen molar-refractivity contribution in [3.63, 3.8) is 0 Å².